The van der Waals surface area contributed by atoms with Gasteiger partial charge in [0.2, 0.25) is 0 Å². The largest absolute Gasteiger partial charge is 0.384 e. The Morgan fingerprint density at radius 1 is 1.30 bits per heavy atom. The molecule has 1 aliphatic rings. The van der Waals surface area contributed by atoms with Crippen LogP contribution >= 0.6 is 15.9 Å². The first-order chi connectivity index (χ1) is 14.5. The SMILES string of the molecule is Cc1c(F)cc2c(cnn2C2CCCCO2)c1-n1c(N)c(C#N)c2cncc(Br)c21. The van der Waals surface area contributed by atoms with Gasteiger partial charge >= 0.3 is 0 Å². The molecule has 2 N–H and O–H groups in total. The molecule has 152 valence electrons. The predicted octanol–water partition coefficient (Wildman–Crippen LogP) is 4.74. The lowest BCUT2D eigenvalue weighted by molar-refractivity contribution is -0.0366. The molecule has 0 aliphatic carbocycles. The molecule has 0 amide bonds. The molecule has 1 saturated heterocycles. The quantitative estimate of drug-likeness (QED) is 0.458. The Kier molecular flexibility index (Phi) is 4.49. The summed E-state index contributed by atoms with van der Waals surface area (Å²) in [5, 5.41) is 15.6. The number of benzene rings is 1. The summed E-state index contributed by atoms with van der Waals surface area (Å²) < 4.78 is 25.1. The van der Waals surface area contributed by atoms with Crippen LogP contribution < -0.4 is 5.73 Å². The molecule has 9 heteroatoms. The van der Waals surface area contributed by atoms with Crippen LogP contribution in [0.5, 0.6) is 0 Å². The maximum Gasteiger partial charge on any atom is 0.150 e. The molecule has 1 aromatic carbocycles. The van der Waals surface area contributed by atoms with Crippen molar-refractivity contribution in [2.45, 2.75) is 32.4 Å². The van der Waals surface area contributed by atoms with Crippen molar-refractivity contribution in [2.24, 2.45) is 0 Å². The molecule has 4 aromatic rings. The smallest absolute Gasteiger partial charge is 0.150 e. The van der Waals surface area contributed by atoms with E-state index in [0.717, 1.165) is 24.6 Å². The van der Waals surface area contributed by atoms with E-state index in [1.165, 1.54) is 6.07 Å². The van der Waals surface area contributed by atoms with E-state index >= 15 is 4.39 Å². The summed E-state index contributed by atoms with van der Waals surface area (Å²) in [5.41, 5.74) is 8.98. The lowest BCUT2D eigenvalue weighted by atomic mass is 10.1. The molecule has 3 aromatic heterocycles. The second-order valence-electron chi connectivity index (χ2n) is 7.40. The number of hydrogen-bond acceptors (Lipinski definition) is 5. The minimum absolute atomic E-state index is 0.226. The van der Waals surface area contributed by atoms with Crippen molar-refractivity contribution in [2.75, 3.05) is 12.3 Å². The Hall–Kier alpha value is -2.96. The average molecular weight is 469 g/mol. The van der Waals surface area contributed by atoms with Gasteiger partial charge in [-0.1, -0.05) is 0 Å². The van der Waals surface area contributed by atoms with Crippen LogP contribution in [0, 0.1) is 24.1 Å². The van der Waals surface area contributed by atoms with Gasteiger partial charge in [-0.15, -0.1) is 0 Å². The minimum atomic E-state index is -0.375. The Labute approximate surface area is 180 Å². The van der Waals surface area contributed by atoms with Crippen LogP contribution in [0.15, 0.2) is 29.1 Å². The third-order valence-electron chi connectivity index (χ3n) is 5.69. The predicted molar refractivity (Wildman–Crippen MR) is 115 cm³/mol. The zero-order chi connectivity index (χ0) is 21.0. The van der Waals surface area contributed by atoms with Crippen molar-refractivity contribution in [1.82, 2.24) is 19.3 Å². The highest BCUT2D eigenvalue weighted by Crippen LogP contribution is 2.39. The summed E-state index contributed by atoms with van der Waals surface area (Å²) in [7, 11) is 0. The molecule has 1 unspecified atom stereocenters. The second kappa shape index (κ2) is 7.07. The van der Waals surface area contributed by atoms with E-state index in [4.69, 9.17) is 10.5 Å². The highest BCUT2D eigenvalue weighted by molar-refractivity contribution is 9.10. The highest BCUT2D eigenvalue weighted by Gasteiger charge is 2.26. The van der Waals surface area contributed by atoms with E-state index in [1.807, 2.05) is 0 Å². The summed E-state index contributed by atoms with van der Waals surface area (Å²) >= 11 is 3.51. The number of halogens is 2. The molecule has 0 spiro atoms. The lowest BCUT2D eigenvalue weighted by Crippen LogP contribution is -2.19. The topological polar surface area (TPSA) is 94.7 Å². The molecule has 0 saturated carbocycles. The van der Waals surface area contributed by atoms with Crippen LogP contribution in [0.4, 0.5) is 10.2 Å². The molecule has 1 atom stereocenters. The molecule has 7 nitrogen and oxygen atoms in total. The van der Waals surface area contributed by atoms with Crippen molar-refractivity contribution < 1.29 is 9.13 Å². The van der Waals surface area contributed by atoms with Crippen LogP contribution in [-0.4, -0.2) is 25.9 Å². The van der Waals surface area contributed by atoms with E-state index in [2.05, 4.69) is 32.1 Å². The average Bonchev–Trinajstić information content (AvgIpc) is 3.29. The van der Waals surface area contributed by atoms with Crippen LogP contribution in [0.1, 0.15) is 36.6 Å². The van der Waals surface area contributed by atoms with Crippen molar-refractivity contribution in [3.05, 3.63) is 46.1 Å². The number of aromatic nitrogens is 4. The monoisotopic (exact) mass is 468 g/mol. The van der Waals surface area contributed by atoms with Crippen molar-refractivity contribution in [3.63, 3.8) is 0 Å². The number of rotatable bonds is 2. The van der Waals surface area contributed by atoms with Gasteiger partial charge < -0.3 is 10.5 Å². The van der Waals surface area contributed by atoms with E-state index < -0.39 is 0 Å². The fourth-order valence-corrected chi connectivity index (χ4v) is 4.74. The number of nitrogens with two attached hydrogens (primary N) is 1. The number of fused-ring (bicyclic) bond motifs is 2. The molecular weight excluding hydrogens is 451 g/mol. The van der Waals surface area contributed by atoms with Gasteiger partial charge in [-0.25, -0.2) is 9.07 Å². The van der Waals surface area contributed by atoms with Crippen LogP contribution in [0.2, 0.25) is 0 Å². The molecule has 1 fully saturated rings. The van der Waals surface area contributed by atoms with Gasteiger partial charge in [0.15, 0.2) is 6.23 Å². The molecule has 30 heavy (non-hydrogen) atoms. The number of nitrogen functional groups attached to an aromatic ring is 1. The van der Waals surface area contributed by atoms with Gasteiger partial charge in [0.05, 0.1) is 27.4 Å². The molecular formula is C21H18BrFN6O. The lowest BCUT2D eigenvalue weighted by Gasteiger charge is -2.23. The third-order valence-corrected chi connectivity index (χ3v) is 6.27. The van der Waals surface area contributed by atoms with Gasteiger partial charge in [0.1, 0.15) is 23.3 Å². The Bertz CT molecular complexity index is 1350. The summed E-state index contributed by atoms with van der Waals surface area (Å²) in [6.45, 7) is 2.36. The maximum atomic E-state index is 15.1. The van der Waals surface area contributed by atoms with E-state index in [-0.39, 0.29) is 17.9 Å². The first-order valence-corrected chi connectivity index (χ1v) is 10.4. The van der Waals surface area contributed by atoms with Crippen molar-refractivity contribution >= 4 is 43.6 Å². The van der Waals surface area contributed by atoms with Crippen LogP contribution in [-0.2, 0) is 4.74 Å². The molecule has 1 aliphatic heterocycles. The molecule has 5 rings (SSSR count). The summed E-state index contributed by atoms with van der Waals surface area (Å²) in [5.74, 6) is -0.141. The van der Waals surface area contributed by atoms with Gasteiger partial charge in [0, 0.05) is 41.4 Å². The summed E-state index contributed by atoms with van der Waals surface area (Å²) in [4.78, 5) is 4.16. The fraction of sp³-hybridized carbons (Fsp3) is 0.286. The van der Waals surface area contributed by atoms with Crippen molar-refractivity contribution in [3.8, 4) is 11.8 Å². The highest BCUT2D eigenvalue weighted by atomic mass is 79.9. The molecule has 4 heterocycles. The Morgan fingerprint density at radius 3 is 2.87 bits per heavy atom. The molecule has 0 bridgehead atoms. The van der Waals surface area contributed by atoms with Crippen molar-refractivity contribution in [1.29, 1.82) is 5.26 Å². The number of hydrogen-bond donors (Lipinski definition) is 1. The Balaban J connectivity index is 1.87. The second-order valence-corrected chi connectivity index (χ2v) is 8.25. The van der Waals surface area contributed by atoms with Gasteiger partial charge in [0.25, 0.3) is 0 Å². The van der Waals surface area contributed by atoms with Gasteiger partial charge in [-0.2, -0.15) is 10.4 Å². The van der Waals surface area contributed by atoms with Crippen LogP contribution in [0.3, 0.4) is 0 Å². The number of nitriles is 1. The fourth-order valence-electron chi connectivity index (χ4n) is 4.23. The minimum Gasteiger partial charge on any atom is -0.384 e. The summed E-state index contributed by atoms with van der Waals surface area (Å²) in [6.07, 6.45) is 7.58. The molecule has 0 radical (unpaired) electrons. The first kappa shape index (κ1) is 19.0. The summed E-state index contributed by atoms with van der Waals surface area (Å²) in [6, 6.07) is 3.64. The Morgan fingerprint density at radius 2 is 2.13 bits per heavy atom. The van der Waals surface area contributed by atoms with E-state index in [9.17, 15) is 5.26 Å². The van der Waals surface area contributed by atoms with E-state index in [1.54, 1.807) is 34.8 Å². The zero-order valence-corrected chi connectivity index (χ0v) is 17.8. The maximum absolute atomic E-state index is 15.1. The van der Waals surface area contributed by atoms with Crippen LogP contribution in [0.25, 0.3) is 27.5 Å². The van der Waals surface area contributed by atoms with Gasteiger partial charge in [-0.05, 0) is 42.1 Å². The first-order valence-electron chi connectivity index (χ1n) is 9.64. The normalized spacial score (nSPS) is 16.9. The number of pyridine rings is 1. The standard InChI is InChI=1S/C21H18BrFN6O/c1-11-16(23)6-17-14(9-27-29(17)18-4-2-3-5-30-18)19(11)28-20-13(8-26-10-15(20)22)12(7-24)21(28)25/h6,8-10,18H,2-5,25H2,1H3. The number of ether oxygens (including phenoxy) is 1. The van der Waals surface area contributed by atoms with E-state index in [0.29, 0.717) is 44.3 Å². The number of anilines is 1. The zero-order valence-electron chi connectivity index (χ0n) is 16.2. The van der Waals surface area contributed by atoms with Gasteiger partial charge in [-0.3, -0.25) is 9.55 Å². The number of nitrogens with zero attached hydrogens (tertiary/aromatic N) is 5. The third kappa shape index (κ3) is 2.64.